The van der Waals surface area contributed by atoms with Gasteiger partial charge in [0.2, 0.25) is 0 Å². The van der Waals surface area contributed by atoms with Crippen LogP contribution in [0.3, 0.4) is 0 Å². The van der Waals surface area contributed by atoms with Crippen molar-refractivity contribution in [1.29, 1.82) is 0 Å². The highest BCUT2D eigenvalue weighted by Crippen LogP contribution is 2.17. The van der Waals surface area contributed by atoms with Gasteiger partial charge >= 0.3 is 0 Å². The smallest absolute Gasteiger partial charge is 0.258 e. The van der Waals surface area contributed by atoms with Crippen LogP contribution in [0.4, 0.5) is 0 Å². The maximum atomic E-state index is 11.9. The number of benzene rings is 1. The number of rotatable bonds is 5. The molecule has 21 heavy (non-hydrogen) atoms. The summed E-state index contributed by atoms with van der Waals surface area (Å²) in [6.45, 7) is 7.75. The molecule has 0 saturated heterocycles. The van der Waals surface area contributed by atoms with Gasteiger partial charge in [0, 0.05) is 0 Å². The first-order chi connectivity index (χ1) is 9.94. The van der Waals surface area contributed by atoms with Gasteiger partial charge < -0.3 is 14.5 Å². The molecule has 1 unspecified atom stereocenters. The summed E-state index contributed by atoms with van der Waals surface area (Å²) in [6, 6.07) is 9.47. The number of furan rings is 1. The fraction of sp³-hybridized carbons (Fsp3) is 0.353. The van der Waals surface area contributed by atoms with Crippen molar-refractivity contribution in [1.82, 2.24) is 5.32 Å². The maximum absolute atomic E-state index is 11.9. The quantitative estimate of drug-likeness (QED) is 0.916. The van der Waals surface area contributed by atoms with Gasteiger partial charge in [-0.1, -0.05) is 6.07 Å². The molecule has 1 heterocycles. The van der Waals surface area contributed by atoms with Crippen molar-refractivity contribution in [2.75, 3.05) is 6.61 Å². The summed E-state index contributed by atoms with van der Waals surface area (Å²) in [5.41, 5.74) is 2.23. The Kier molecular flexibility index (Phi) is 4.68. The van der Waals surface area contributed by atoms with Crippen molar-refractivity contribution in [3.05, 3.63) is 53.0 Å². The molecule has 0 aliphatic heterocycles. The Morgan fingerprint density at radius 3 is 2.43 bits per heavy atom. The van der Waals surface area contributed by atoms with E-state index >= 15 is 0 Å². The van der Waals surface area contributed by atoms with Gasteiger partial charge in [-0.25, -0.2) is 0 Å². The van der Waals surface area contributed by atoms with Crippen LogP contribution < -0.4 is 10.1 Å². The van der Waals surface area contributed by atoms with E-state index in [-0.39, 0.29) is 18.6 Å². The van der Waals surface area contributed by atoms with Crippen LogP contribution in [0.25, 0.3) is 0 Å². The van der Waals surface area contributed by atoms with Gasteiger partial charge in [0.05, 0.1) is 6.04 Å². The summed E-state index contributed by atoms with van der Waals surface area (Å²) in [4.78, 5) is 11.9. The summed E-state index contributed by atoms with van der Waals surface area (Å²) in [6.07, 6.45) is 0. The summed E-state index contributed by atoms with van der Waals surface area (Å²) < 4.78 is 11.0. The molecule has 2 aromatic rings. The van der Waals surface area contributed by atoms with Crippen molar-refractivity contribution < 1.29 is 13.9 Å². The van der Waals surface area contributed by atoms with Gasteiger partial charge in [0.25, 0.3) is 5.91 Å². The monoisotopic (exact) mass is 287 g/mol. The molecule has 0 bridgehead atoms. The van der Waals surface area contributed by atoms with E-state index in [9.17, 15) is 4.79 Å². The second kappa shape index (κ2) is 6.48. The first-order valence-corrected chi connectivity index (χ1v) is 7.01. The summed E-state index contributed by atoms with van der Waals surface area (Å²) in [5, 5.41) is 2.85. The Balaban J connectivity index is 1.87. The van der Waals surface area contributed by atoms with Crippen molar-refractivity contribution in [3.63, 3.8) is 0 Å². The van der Waals surface area contributed by atoms with Crippen molar-refractivity contribution >= 4 is 5.91 Å². The predicted molar refractivity (Wildman–Crippen MR) is 81.4 cm³/mol. The van der Waals surface area contributed by atoms with Gasteiger partial charge in [-0.15, -0.1) is 0 Å². The fourth-order valence-corrected chi connectivity index (χ4v) is 2.21. The normalized spacial score (nSPS) is 12.0. The van der Waals surface area contributed by atoms with E-state index in [0.717, 1.165) is 22.6 Å². The average Bonchev–Trinajstić information content (AvgIpc) is 2.82. The molecule has 0 aliphatic carbocycles. The van der Waals surface area contributed by atoms with Crippen LogP contribution in [0.1, 0.15) is 35.6 Å². The lowest BCUT2D eigenvalue weighted by Gasteiger charge is -2.12. The van der Waals surface area contributed by atoms with Gasteiger partial charge in [0.1, 0.15) is 17.3 Å². The molecule has 1 N–H and O–H groups in total. The molecule has 0 radical (unpaired) electrons. The molecule has 1 aromatic heterocycles. The Hall–Kier alpha value is -2.23. The van der Waals surface area contributed by atoms with Crippen molar-refractivity contribution in [3.8, 4) is 5.75 Å². The molecular weight excluding hydrogens is 266 g/mol. The fourth-order valence-electron chi connectivity index (χ4n) is 2.21. The topological polar surface area (TPSA) is 51.5 Å². The highest BCUT2D eigenvalue weighted by molar-refractivity contribution is 5.77. The molecule has 112 valence electrons. The van der Waals surface area contributed by atoms with E-state index in [1.165, 1.54) is 0 Å². The largest absolute Gasteiger partial charge is 0.484 e. The first-order valence-electron chi connectivity index (χ1n) is 7.01. The van der Waals surface area contributed by atoms with Crippen molar-refractivity contribution in [2.45, 2.75) is 33.7 Å². The minimum atomic E-state index is -0.172. The molecule has 4 nitrogen and oxygen atoms in total. The second-order valence-corrected chi connectivity index (χ2v) is 5.35. The van der Waals surface area contributed by atoms with Crippen LogP contribution in [0, 0.1) is 20.8 Å². The number of aryl methyl sites for hydroxylation is 3. The molecule has 1 amide bonds. The molecule has 0 spiro atoms. The molecule has 1 atom stereocenters. The van der Waals surface area contributed by atoms with Gasteiger partial charge in [-0.3, -0.25) is 4.79 Å². The minimum absolute atomic E-state index is 0.00702. The number of ether oxygens (including phenoxy) is 1. The molecule has 0 saturated carbocycles. The molecular formula is C17H21NO3. The highest BCUT2D eigenvalue weighted by atomic mass is 16.5. The zero-order valence-corrected chi connectivity index (χ0v) is 12.9. The third kappa shape index (κ3) is 4.38. The summed E-state index contributed by atoms with van der Waals surface area (Å²) in [7, 11) is 0. The van der Waals surface area contributed by atoms with E-state index in [1.54, 1.807) is 0 Å². The maximum Gasteiger partial charge on any atom is 0.258 e. The number of hydrogen-bond donors (Lipinski definition) is 1. The van der Waals surface area contributed by atoms with Crippen LogP contribution in [0.5, 0.6) is 5.75 Å². The van der Waals surface area contributed by atoms with Crippen molar-refractivity contribution in [2.24, 2.45) is 0 Å². The number of carbonyl (C=O) groups excluding carboxylic acids is 1. The third-order valence-corrected chi connectivity index (χ3v) is 3.13. The van der Waals surface area contributed by atoms with E-state index in [1.807, 2.05) is 52.0 Å². The molecule has 0 aliphatic rings. The van der Waals surface area contributed by atoms with Gasteiger partial charge in [-0.05, 0) is 63.1 Å². The number of carbonyl (C=O) groups is 1. The van der Waals surface area contributed by atoms with Gasteiger partial charge in [0.15, 0.2) is 6.61 Å². The lowest BCUT2D eigenvalue weighted by molar-refractivity contribution is -0.123. The zero-order chi connectivity index (χ0) is 15.4. The molecule has 4 heteroatoms. The van der Waals surface area contributed by atoms with Crippen LogP contribution in [0.15, 0.2) is 34.7 Å². The average molecular weight is 287 g/mol. The predicted octanol–water partition coefficient (Wildman–Crippen LogP) is 3.46. The van der Waals surface area contributed by atoms with E-state index in [4.69, 9.17) is 9.15 Å². The Labute approximate surface area is 125 Å². The van der Waals surface area contributed by atoms with Crippen LogP contribution in [0.2, 0.25) is 0 Å². The van der Waals surface area contributed by atoms with Crippen LogP contribution in [-0.4, -0.2) is 12.5 Å². The summed E-state index contributed by atoms with van der Waals surface area (Å²) >= 11 is 0. The van der Waals surface area contributed by atoms with Crippen LogP contribution >= 0.6 is 0 Å². The van der Waals surface area contributed by atoms with E-state index in [2.05, 4.69) is 11.4 Å². The Morgan fingerprint density at radius 2 is 1.86 bits per heavy atom. The van der Waals surface area contributed by atoms with Crippen LogP contribution in [-0.2, 0) is 4.79 Å². The molecule has 2 rings (SSSR count). The lowest BCUT2D eigenvalue weighted by atomic mass is 10.1. The SMILES string of the molecule is Cc1cc(C)cc(OCC(=O)NC(C)c2ccc(C)o2)c1. The van der Waals surface area contributed by atoms with E-state index < -0.39 is 0 Å². The molecule has 0 fully saturated rings. The number of hydrogen-bond acceptors (Lipinski definition) is 3. The number of nitrogens with one attached hydrogen (secondary N) is 1. The second-order valence-electron chi connectivity index (χ2n) is 5.35. The standard InChI is InChI=1S/C17H21NO3/c1-11-7-12(2)9-15(8-11)20-10-17(19)18-14(4)16-6-5-13(3)21-16/h5-9,14H,10H2,1-4H3,(H,18,19). The minimum Gasteiger partial charge on any atom is -0.484 e. The third-order valence-electron chi connectivity index (χ3n) is 3.13. The Morgan fingerprint density at radius 1 is 1.19 bits per heavy atom. The Bertz CT molecular complexity index is 610. The van der Waals surface area contributed by atoms with Gasteiger partial charge in [-0.2, -0.15) is 0 Å². The summed E-state index contributed by atoms with van der Waals surface area (Å²) in [5.74, 6) is 2.12. The highest BCUT2D eigenvalue weighted by Gasteiger charge is 2.13. The number of amides is 1. The van der Waals surface area contributed by atoms with E-state index in [0.29, 0.717) is 5.75 Å². The first kappa shape index (κ1) is 15.2. The lowest BCUT2D eigenvalue weighted by Crippen LogP contribution is -2.31. The zero-order valence-electron chi connectivity index (χ0n) is 12.9. The molecule has 1 aromatic carbocycles.